The summed E-state index contributed by atoms with van der Waals surface area (Å²) in [5.74, 6) is -1.14. The SMILES string of the molecule is CCOC(C)OC(C)OC(=O)c1ccc(C(=O)OC(C)OC(C)OCC)cc1. The Balaban J connectivity index is 2.55. The monoisotopic (exact) mass is 398 g/mol. The van der Waals surface area contributed by atoms with Crippen molar-refractivity contribution in [2.75, 3.05) is 13.2 Å². The minimum atomic E-state index is -0.774. The van der Waals surface area contributed by atoms with Crippen LogP contribution in [0.3, 0.4) is 0 Å². The van der Waals surface area contributed by atoms with Gasteiger partial charge in [0.15, 0.2) is 12.6 Å². The second-order valence-electron chi connectivity index (χ2n) is 5.84. The van der Waals surface area contributed by atoms with Gasteiger partial charge in [-0.1, -0.05) is 0 Å². The van der Waals surface area contributed by atoms with Gasteiger partial charge >= 0.3 is 11.9 Å². The number of rotatable bonds is 12. The van der Waals surface area contributed by atoms with Crippen LogP contribution in [0.4, 0.5) is 0 Å². The summed E-state index contributed by atoms with van der Waals surface area (Å²) in [7, 11) is 0. The summed E-state index contributed by atoms with van der Waals surface area (Å²) in [5.41, 5.74) is 0.565. The highest BCUT2D eigenvalue weighted by Crippen LogP contribution is 2.12. The van der Waals surface area contributed by atoms with E-state index >= 15 is 0 Å². The van der Waals surface area contributed by atoms with Gasteiger partial charge in [0.1, 0.15) is 0 Å². The molecule has 1 aromatic carbocycles. The van der Waals surface area contributed by atoms with Gasteiger partial charge in [0.05, 0.1) is 11.1 Å². The molecule has 0 bridgehead atoms. The molecule has 158 valence electrons. The van der Waals surface area contributed by atoms with Gasteiger partial charge in [0.25, 0.3) is 0 Å². The number of benzene rings is 1. The highest BCUT2D eigenvalue weighted by molar-refractivity contribution is 5.93. The summed E-state index contributed by atoms with van der Waals surface area (Å²) in [5, 5.41) is 0. The van der Waals surface area contributed by atoms with Crippen LogP contribution >= 0.6 is 0 Å². The molecule has 0 amide bonds. The van der Waals surface area contributed by atoms with Crippen LogP contribution in [-0.2, 0) is 28.4 Å². The van der Waals surface area contributed by atoms with E-state index in [4.69, 9.17) is 28.4 Å². The number of carbonyl (C=O) groups excluding carboxylic acids is 2. The molecule has 0 N–H and O–H groups in total. The number of ether oxygens (including phenoxy) is 6. The van der Waals surface area contributed by atoms with Crippen molar-refractivity contribution < 1.29 is 38.0 Å². The van der Waals surface area contributed by atoms with Crippen molar-refractivity contribution in [3.05, 3.63) is 35.4 Å². The van der Waals surface area contributed by atoms with Crippen molar-refractivity contribution >= 4 is 11.9 Å². The average molecular weight is 398 g/mol. The summed E-state index contributed by atoms with van der Waals surface area (Å²) in [6, 6.07) is 5.91. The molecule has 8 heteroatoms. The Bertz CT molecular complexity index is 548. The lowest BCUT2D eigenvalue weighted by Gasteiger charge is -2.19. The molecule has 1 aromatic rings. The first-order valence-electron chi connectivity index (χ1n) is 9.32. The Morgan fingerprint density at radius 3 is 1.29 bits per heavy atom. The van der Waals surface area contributed by atoms with Crippen molar-refractivity contribution in [3.8, 4) is 0 Å². The molecule has 1 rings (SSSR count). The fourth-order valence-corrected chi connectivity index (χ4v) is 2.32. The fourth-order valence-electron chi connectivity index (χ4n) is 2.32. The maximum absolute atomic E-state index is 12.1. The van der Waals surface area contributed by atoms with E-state index in [9.17, 15) is 9.59 Å². The molecule has 28 heavy (non-hydrogen) atoms. The second kappa shape index (κ2) is 12.5. The van der Waals surface area contributed by atoms with Crippen LogP contribution in [0, 0.1) is 0 Å². The quantitative estimate of drug-likeness (QED) is 0.390. The van der Waals surface area contributed by atoms with E-state index in [0.717, 1.165) is 0 Å². The normalized spacial score (nSPS) is 15.4. The lowest BCUT2D eigenvalue weighted by molar-refractivity contribution is -0.212. The molecule has 0 radical (unpaired) electrons. The van der Waals surface area contributed by atoms with Gasteiger partial charge in [0, 0.05) is 13.2 Å². The van der Waals surface area contributed by atoms with Crippen LogP contribution in [-0.4, -0.2) is 50.3 Å². The molecule has 4 unspecified atom stereocenters. The number of carbonyl (C=O) groups is 2. The molecule has 0 saturated carbocycles. The molecule has 0 fully saturated rings. The van der Waals surface area contributed by atoms with Crippen molar-refractivity contribution in [2.24, 2.45) is 0 Å². The first-order chi connectivity index (χ1) is 13.3. The molecule has 0 spiro atoms. The van der Waals surface area contributed by atoms with Crippen molar-refractivity contribution in [1.29, 1.82) is 0 Å². The molecular weight excluding hydrogens is 368 g/mol. The molecule has 0 aliphatic rings. The highest BCUT2D eigenvalue weighted by Gasteiger charge is 2.18. The molecule has 0 aromatic heterocycles. The minimum Gasteiger partial charge on any atom is -0.432 e. The molecule has 4 atom stereocenters. The van der Waals surface area contributed by atoms with Crippen molar-refractivity contribution in [1.82, 2.24) is 0 Å². The van der Waals surface area contributed by atoms with Gasteiger partial charge in [-0.3, -0.25) is 0 Å². The van der Waals surface area contributed by atoms with E-state index in [1.54, 1.807) is 27.7 Å². The molecule has 8 nitrogen and oxygen atoms in total. The van der Waals surface area contributed by atoms with Crippen LogP contribution in [0.1, 0.15) is 62.3 Å². The third kappa shape index (κ3) is 8.79. The minimum absolute atomic E-state index is 0.283. The van der Waals surface area contributed by atoms with E-state index in [1.165, 1.54) is 24.3 Å². The van der Waals surface area contributed by atoms with Crippen molar-refractivity contribution in [2.45, 2.75) is 66.7 Å². The van der Waals surface area contributed by atoms with Gasteiger partial charge in [0.2, 0.25) is 12.6 Å². The zero-order valence-electron chi connectivity index (χ0n) is 17.3. The van der Waals surface area contributed by atoms with E-state index in [-0.39, 0.29) is 11.1 Å². The third-order valence-corrected chi connectivity index (χ3v) is 3.47. The van der Waals surface area contributed by atoms with Crippen LogP contribution in [0.25, 0.3) is 0 Å². The van der Waals surface area contributed by atoms with E-state index in [1.807, 2.05) is 13.8 Å². The van der Waals surface area contributed by atoms with Crippen LogP contribution in [0.2, 0.25) is 0 Å². The summed E-state index contributed by atoms with van der Waals surface area (Å²) in [6.07, 6.45) is -2.52. The zero-order chi connectivity index (χ0) is 21.1. The van der Waals surface area contributed by atoms with Crippen LogP contribution in [0.15, 0.2) is 24.3 Å². The van der Waals surface area contributed by atoms with Gasteiger partial charge in [-0.25, -0.2) is 9.59 Å². The van der Waals surface area contributed by atoms with Gasteiger partial charge in [-0.2, -0.15) is 0 Å². The lowest BCUT2D eigenvalue weighted by Crippen LogP contribution is -2.25. The van der Waals surface area contributed by atoms with Gasteiger partial charge in [-0.15, -0.1) is 0 Å². The second-order valence-corrected chi connectivity index (χ2v) is 5.84. The number of hydrogen-bond acceptors (Lipinski definition) is 8. The van der Waals surface area contributed by atoms with E-state index in [2.05, 4.69) is 0 Å². The predicted octanol–water partition coefficient (Wildman–Crippen LogP) is 3.49. The number of hydrogen-bond donors (Lipinski definition) is 0. The molecule has 0 saturated heterocycles. The summed E-state index contributed by atoms with van der Waals surface area (Å²) in [6.45, 7) is 11.3. The van der Waals surface area contributed by atoms with E-state index < -0.39 is 37.1 Å². The fraction of sp³-hybridized carbons (Fsp3) is 0.600. The topological polar surface area (TPSA) is 89.5 Å². The van der Waals surface area contributed by atoms with Gasteiger partial charge in [-0.05, 0) is 65.8 Å². The Labute approximate surface area is 166 Å². The number of esters is 2. The third-order valence-electron chi connectivity index (χ3n) is 3.47. The Morgan fingerprint density at radius 1 is 0.679 bits per heavy atom. The maximum Gasteiger partial charge on any atom is 0.340 e. The Morgan fingerprint density at radius 2 is 1.00 bits per heavy atom. The van der Waals surface area contributed by atoms with Crippen LogP contribution in [0.5, 0.6) is 0 Å². The largest absolute Gasteiger partial charge is 0.432 e. The van der Waals surface area contributed by atoms with E-state index in [0.29, 0.717) is 13.2 Å². The predicted molar refractivity (Wildman–Crippen MR) is 101 cm³/mol. The Hall–Kier alpha value is -2.00. The van der Waals surface area contributed by atoms with Crippen molar-refractivity contribution in [3.63, 3.8) is 0 Å². The average Bonchev–Trinajstić information content (AvgIpc) is 2.61. The standard InChI is InChI=1S/C20H30O8/c1-7-23-13(3)25-15(5)27-19(21)17-9-11-18(12-10-17)20(22)28-16(6)26-14(4)24-8-2/h9-16H,7-8H2,1-6H3. The summed E-state index contributed by atoms with van der Waals surface area (Å²) in [4.78, 5) is 24.3. The lowest BCUT2D eigenvalue weighted by atomic mass is 10.1. The summed E-state index contributed by atoms with van der Waals surface area (Å²) >= 11 is 0. The first kappa shape index (κ1) is 24.0. The van der Waals surface area contributed by atoms with Gasteiger partial charge < -0.3 is 28.4 Å². The molecular formula is C20H30O8. The summed E-state index contributed by atoms with van der Waals surface area (Å²) < 4.78 is 31.6. The van der Waals surface area contributed by atoms with Crippen LogP contribution < -0.4 is 0 Å². The molecule has 0 aliphatic carbocycles. The highest BCUT2D eigenvalue weighted by atomic mass is 16.8. The maximum atomic E-state index is 12.1. The smallest absolute Gasteiger partial charge is 0.340 e. The zero-order valence-corrected chi connectivity index (χ0v) is 17.3. The molecule has 0 aliphatic heterocycles. The Kier molecular flexibility index (Phi) is 10.7. The molecule has 0 heterocycles. The first-order valence-corrected chi connectivity index (χ1v) is 9.32.